The summed E-state index contributed by atoms with van der Waals surface area (Å²) < 4.78 is 0. The summed E-state index contributed by atoms with van der Waals surface area (Å²) in [5.74, 6) is 0. The molecule has 2 aromatic rings. The third kappa shape index (κ3) is 11.8. The van der Waals surface area contributed by atoms with Gasteiger partial charge in [-0.15, -0.1) is 0 Å². The molecule has 0 radical (unpaired) electrons. The highest BCUT2D eigenvalue weighted by atomic mass is 16.3. The molecule has 0 spiro atoms. The van der Waals surface area contributed by atoms with E-state index in [0.717, 1.165) is 69.8 Å². The molecular weight excluding hydrogens is 681 g/mol. The molecule has 55 heavy (non-hydrogen) atoms. The molecule has 3 rings (SSSR count). The smallest absolute Gasteiger partial charge is 0.0974 e. The van der Waals surface area contributed by atoms with Crippen LogP contribution in [0.2, 0.25) is 0 Å². The Morgan fingerprint density at radius 1 is 0.655 bits per heavy atom. The Hall–Kier alpha value is -3.36. The summed E-state index contributed by atoms with van der Waals surface area (Å²) in [4.78, 5) is 3.30. The molecule has 302 valence electrons. The number of allylic oxidation sites excluding steroid dienone is 10. The van der Waals surface area contributed by atoms with Crippen LogP contribution < -0.4 is 0 Å². The summed E-state index contributed by atoms with van der Waals surface area (Å²) in [5, 5.41) is 38.2. The molecule has 0 amide bonds. The van der Waals surface area contributed by atoms with Crippen LogP contribution in [0, 0.1) is 5.41 Å². The predicted octanol–water partition coefficient (Wildman–Crippen LogP) is 10.1. The van der Waals surface area contributed by atoms with Crippen molar-refractivity contribution in [2.24, 2.45) is 5.41 Å². The highest BCUT2D eigenvalue weighted by molar-refractivity contribution is 5.66. The van der Waals surface area contributed by atoms with Gasteiger partial charge in [0, 0.05) is 29.3 Å². The molecule has 0 bridgehead atoms. The zero-order valence-corrected chi connectivity index (χ0v) is 35.0. The normalized spacial score (nSPS) is 16.3. The Balaban J connectivity index is 2.17. The van der Waals surface area contributed by atoms with Crippen LogP contribution in [0.25, 0.3) is 0 Å². The van der Waals surface area contributed by atoms with E-state index in [1.807, 2.05) is 6.08 Å². The maximum absolute atomic E-state index is 9.55. The van der Waals surface area contributed by atoms with E-state index in [1.54, 1.807) is 9.80 Å². The van der Waals surface area contributed by atoms with E-state index in [-0.39, 0.29) is 43.2 Å². The van der Waals surface area contributed by atoms with Crippen molar-refractivity contribution >= 4 is 0 Å². The Labute approximate surface area is 334 Å². The lowest BCUT2D eigenvalue weighted by molar-refractivity contribution is 0.0281. The van der Waals surface area contributed by atoms with Crippen LogP contribution in [0.1, 0.15) is 117 Å². The molecule has 0 heterocycles. The molecule has 0 aliphatic heterocycles. The van der Waals surface area contributed by atoms with E-state index in [2.05, 4.69) is 127 Å². The number of aliphatic hydroxyl groups is 4. The SMILES string of the molecule is C=C/C(=C\C1=C(C)C(=C)/C(=C\C(=C/C)C(C)(C)c2ccccc2)C1(CCCCCCN(CO)CO)CCCCCCN(CO)CO)C(C)(C)c1ccccc1. The summed E-state index contributed by atoms with van der Waals surface area (Å²) >= 11 is 0. The number of rotatable bonds is 25. The first-order chi connectivity index (χ1) is 26.4. The summed E-state index contributed by atoms with van der Waals surface area (Å²) in [5.41, 5.74) is 9.22. The van der Waals surface area contributed by atoms with Crippen molar-refractivity contribution in [2.45, 2.75) is 117 Å². The second kappa shape index (κ2) is 22.4. The molecule has 0 fully saturated rings. The first-order valence-electron chi connectivity index (χ1n) is 20.5. The zero-order valence-electron chi connectivity index (χ0n) is 35.0. The Morgan fingerprint density at radius 3 is 1.47 bits per heavy atom. The van der Waals surface area contributed by atoms with Gasteiger partial charge in [0.1, 0.15) is 0 Å². The van der Waals surface area contributed by atoms with Crippen LogP contribution in [-0.2, 0) is 10.8 Å². The highest BCUT2D eigenvalue weighted by Gasteiger charge is 2.45. The maximum atomic E-state index is 9.55. The van der Waals surface area contributed by atoms with Gasteiger partial charge in [-0.1, -0.05) is 164 Å². The molecule has 6 nitrogen and oxygen atoms in total. The van der Waals surface area contributed by atoms with Gasteiger partial charge in [-0.05, 0) is 84.1 Å². The van der Waals surface area contributed by atoms with Gasteiger partial charge < -0.3 is 20.4 Å². The molecule has 4 N–H and O–H groups in total. The van der Waals surface area contributed by atoms with Gasteiger partial charge >= 0.3 is 0 Å². The largest absolute Gasteiger partial charge is 0.381 e. The fraction of sp³-hybridized carbons (Fsp3) is 0.510. The quantitative estimate of drug-likeness (QED) is 0.0459. The van der Waals surface area contributed by atoms with Crippen molar-refractivity contribution in [1.82, 2.24) is 9.80 Å². The maximum Gasteiger partial charge on any atom is 0.0974 e. The molecule has 0 atom stereocenters. The van der Waals surface area contributed by atoms with E-state index in [4.69, 9.17) is 6.58 Å². The second-order valence-corrected chi connectivity index (χ2v) is 16.4. The molecular formula is C49H72N2O4. The van der Waals surface area contributed by atoms with E-state index in [9.17, 15) is 20.4 Å². The number of benzene rings is 2. The minimum atomic E-state index is -0.270. The first kappa shape index (κ1) is 46.0. The second-order valence-electron chi connectivity index (χ2n) is 16.4. The monoisotopic (exact) mass is 753 g/mol. The molecule has 1 aliphatic rings. The Kier molecular flexibility index (Phi) is 18.7. The zero-order chi connectivity index (χ0) is 40.5. The highest BCUT2D eigenvalue weighted by Crippen LogP contribution is 2.58. The summed E-state index contributed by atoms with van der Waals surface area (Å²) in [6, 6.07) is 21.5. The molecule has 2 aromatic carbocycles. The molecule has 1 aliphatic carbocycles. The molecule has 0 unspecified atom stereocenters. The topological polar surface area (TPSA) is 87.4 Å². The van der Waals surface area contributed by atoms with Crippen molar-refractivity contribution < 1.29 is 20.4 Å². The number of hydrogen-bond donors (Lipinski definition) is 4. The van der Waals surface area contributed by atoms with Crippen molar-refractivity contribution in [1.29, 1.82) is 0 Å². The van der Waals surface area contributed by atoms with Crippen molar-refractivity contribution in [3.8, 4) is 0 Å². The number of unbranched alkanes of at least 4 members (excludes halogenated alkanes) is 6. The minimum Gasteiger partial charge on any atom is -0.381 e. The van der Waals surface area contributed by atoms with Gasteiger partial charge in [0.15, 0.2) is 0 Å². The number of nitrogens with zero attached hydrogens (tertiary/aromatic N) is 2. The standard InChI is InChI=1S/C49H72N2O4/c1-9-41(47(5,6)43-25-17-15-18-26-43)33-45-39(3)40(4)46(34-42(10-2)48(7,8)44-27-19-16-20-28-44)49(45,29-21-11-13-23-31-50(35-52)36-53)30-22-12-14-24-32-51(37-54)38-55/h9-10,15-20,25-28,33-34,52-55H,1,4,11-14,21-24,29-32,35-38H2,2-3,5-8H3/b41-33+,42-10+,46-34+. The Bertz CT molecular complexity index is 1580. The van der Waals surface area contributed by atoms with Crippen molar-refractivity contribution in [2.75, 3.05) is 40.0 Å². The number of hydrogen-bond acceptors (Lipinski definition) is 6. The van der Waals surface area contributed by atoms with Gasteiger partial charge in [-0.2, -0.15) is 0 Å². The van der Waals surface area contributed by atoms with Gasteiger partial charge in [0.25, 0.3) is 0 Å². The lowest BCUT2D eigenvalue weighted by Gasteiger charge is -2.37. The van der Waals surface area contributed by atoms with E-state index >= 15 is 0 Å². The van der Waals surface area contributed by atoms with Gasteiger partial charge in [-0.25, -0.2) is 0 Å². The first-order valence-corrected chi connectivity index (χ1v) is 20.5. The lowest BCUT2D eigenvalue weighted by Crippen LogP contribution is -2.27. The van der Waals surface area contributed by atoms with E-state index in [0.29, 0.717) is 13.1 Å². The fourth-order valence-corrected chi connectivity index (χ4v) is 8.37. The lowest BCUT2D eigenvalue weighted by atomic mass is 9.66. The van der Waals surface area contributed by atoms with Gasteiger partial charge in [0.05, 0.1) is 26.9 Å². The van der Waals surface area contributed by atoms with Crippen molar-refractivity contribution in [3.05, 3.63) is 143 Å². The third-order valence-corrected chi connectivity index (χ3v) is 12.2. The summed E-state index contributed by atoms with van der Waals surface area (Å²) in [7, 11) is 0. The average molecular weight is 753 g/mol. The molecule has 0 aromatic heterocycles. The average Bonchev–Trinajstić information content (AvgIpc) is 3.39. The molecule has 0 saturated carbocycles. The predicted molar refractivity (Wildman–Crippen MR) is 231 cm³/mol. The fourth-order valence-electron chi connectivity index (χ4n) is 8.37. The van der Waals surface area contributed by atoms with Crippen LogP contribution in [0.5, 0.6) is 0 Å². The van der Waals surface area contributed by atoms with Crippen LogP contribution in [0.15, 0.2) is 132 Å². The van der Waals surface area contributed by atoms with Gasteiger partial charge in [-0.3, -0.25) is 9.80 Å². The number of aliphatic hydroxyl groups excluding tert-OH is 4. The summed E-state index contributed by atoms with van der Waals surface area (Å²) in [6.45, 7) is 23.6. The molecule has 0 saturated heterocycles. The van der Waals surface area contributed by atoms with Gasteiger partial charge in [0.2, 0.25) is 0 Å². The van der Waals surface area contributed by atoms with E-state index < -0.39 is 0 Å². The van der Waals surface area contributed by atoms with Crippen LogP contribution in [-0.4, -0.2) is 70.2 Å². The third-order valence-electron chi connectivity index (χ3n) is 12.2. The van der Waals surface area contributed by atoms with Crippen LogP contribution in [0.3, 0.4) is 0 Å². The Morgan fingerprint density at radius 2 is 1.07 bits per heavy atom. The van der Waals surface area contributed by atoms with Crippen molar-refractivity contribution in [3.63, 3.8) is 0 Å². The summed E-state index contributed by atoms with van der Waals surface area (Å²) in [6.07, 6.45) is 19.2. The van der Waals surface area contributed by atoms with E-state index in [1.165, 1.54) is 39.0 Å². The molecule has 6 heteroatoms. The van der Waals surface area contributed by atoms with Crippen LogP contribution >= 0.6 is 0 Å². The van der Waals surface area contributed by atoms with Crippen LogP contribution in [0.4, 0.5) is 0 Å². The minimum absolute atomic E-state index is 0.134.